The molecule has 0 fully saturated rings. The van der Waals surface area contributed by atoms with E-state index in [2.05, 4.69) is 4.18 Å². The van der Waals surface area contributed by atoms with Crippen LogP contribution in [-0.4, -0.2) is 6.09 Å². The number of amides is 1. The summed E-state index contributed by atoms with van der Waals surface area (Å²) in [5.41, 5.74) is 7.12. The maximum absolute atomic E-state index is 10.2. The second kappa shape index (κ2) is 4.77. The molecular weight excluding hydrogens is 186 g/mol. The van der Waals surface area contributed by atoms with Gasteiger partial charge in [0.2, 0.25) is 0 Å². The Bertz CT molecular complexity index is 284. The Morgan fingerprint density at radius 1 is 1.46 bits per heavy atom. The van der Waals surface area contributed by atoms with E-state index in [4.69, 9.17) is 5.73 Å². The van der Waals surface area contributed by atoms with Gasteiger partial charge in [0.05, 0.1) is 17.8 Å². The number of carbonyl (C=O) groups excluding carboxylic acids is 1. The predicted molar refractivity (Wildman–Crippen MR) is 53.1 cm³/mol. The maximum Gasteiger partial charge on any atom is 0.416 e. The molecule has 0 heterocycles. The van der Waals surface area contributed by atoms with Crippen molar-refractivity contribution >= 4 is 18.1 Å². The number of rotatable bonds is 3. The summed E-state index contributed by atoms with van der Waals surface area (Å²) < 4.78 is 4.53. The number of carbonyl (C=O) groups is 1. The van der Waals surface area contributed by atoms with Crippen molar-refractivity contribution in [1.82, 2.24) is 0 Å². The molecule has 1 aromatic rings. The first-order valence-corrected chi connectivity index (χ1v) is 4.74. The third kappa shape index (κ3) is 3.85. The van der Waals surface area contributed by atoms with Crippen molar-refractivity contribution in [3.63, 3.8) is 0 Å². The van der Waals surface area contributed by atoms with Crippen LogP contribution in [0.25, 0.3) is 0 Å². The van der Waals surface area contributed by atoms with Crippen molar-refractivity contribution in [2.45, 2.75) is 12.7 Å². The van der Waals surface area contributed by atoms with Gasteiger partial charge in [0, 0.05) is 0 Å². The van der Waals surface area contributed by atoms with E-state index in [1.54, 1.807) is 0 Å². The molecule has 0 saturated carbocycles. The first kappa shape index (κ1) is 9.92. The predicted octanol–water partition coefficient (Wildman–Crippen LogP) is 2.24. The molecule has 4 heteroatoms. The van der Waals surface area contributed by atoms with Crippen LogP contribution in [0.5, 0.6) is 0 Å². The van der Waals surface area contributed by atoms with Gasteiger partial charge in [-0.3, -0.25) is 0 Å². The Morgan fingerprint density at radius 3 is 2.62 bits per heavy atom. The summed E-state index contributed by atoms with van der Waals surface area (Å²) in [4.78, 5) is 10.2. The third-order valence-corrected chi connectivity index (χ3v) is 2.22. The summed E-state index contributed by atoms with van der Waals surface area (Å²) in [6.07, 6.45) is -0.753. The average Bonchev–Trinajstić information content (AvgIpc) is 2.08. The Morgan fingerprint density at radius 2 is 2.08 bits per heavy atom. The minimum Gasteiger partial charge on any atom is -0.375 e. The highest BCUT2D eigenvalue weighted by Gasteiger charge is 1.96. The lowest BCUT2D eigenvalue weighted by Gasteiger charge is -2.00. The summed E-state index contributed by atoms with van der Waals surface area (Å²) in [7, 11) is 0. The van der Waals surface area contributed by atoms with Gasteiger partial charge in [-0.05, 0) is 12.5 Å². The van der Waals surface area contributed by atoms with Crippen LogP contribution in [0, 0.1) is 6.92 Å². The molecule has 0 aliphatic rings. The quantitative estimate of drug-likeness (QED) is 0.756. The van der Waals surface area contributed by atoms with Gasteiger partial charge in [0.1, 0.15) is 0 Å². The topological polar surface area (TPSA) is 52.3 Å². The van der Waals surface area contributed by atoms with Crippen molar-refractivity contribution in [1.29, 1.82) is 0 Å². The van der Waals surface area contributed by atoms with Gasteiger partial charge in [0.15, 0.2) is 0 Å². The Kier molecular flexibility index (Phi) is 3.64. The highest BCUT2D eigenvalue weighted by Crippen LogP contribution is 2.13. The van der Waals surface area contributed by atoms with Crippen molar-refractivity contribution in [3.05, 3.63) is 35.4 Å². The number of aryl methyl sites for hydroxylation is 1. The number of primary amides is 1. The summed E-state index contributed by atoms with van der Waals surface area (Å²) in [5.74, 6) is 0.628. The molecule has 0 bridgehead atoms. The van der Waals surface area contributed by atoms with Crippen molar-refractivity contribution in [3.8, 4) is 0 Å². The number of hydrogen-bond acceptors (Lipinski definition) is 3. The van der Waals surface area contributed by atoms with E-state index in [1.165, 1.54) is 5.56 Å². The molecular formula is C9H11NO2S. The fraction of sp³-hybridized carbons (Fsp3) is 0.222. The van der Waals surface area contributed by atoms with Crippen LogP contribution in [0.15, 0.2) is 24.3 Å². The lowest BCUT2D eigenvalue weighted by atomic mass is 10.2. The monoisotopic (exact) mass is 197 g/mol. The Hall–Kier alpha value is -1.16. The van der Waals surface area contributed by atoms with Gasteiger partial charge >= 0.3 is 6.09 Å². The summed E-state index contributed by atoms with van der Waals surface area (Å²) in [6.45, 7) is 2.02. The van der Waals surface area contributed by atoms with Gasteiger partial charge in [-0.1, -0.05) is 29.8 Å². The molecule has 0 aliphatic carbocycles. The molecule has 70 valence electrons. The van der Waals surface area contributed by atoms with E-state index in [0.717, 1.165) is 17.6 Å². The fourth-order valence-corrected chi connectivity index (χ4v) is 1.34. The molecule has 0 spiro atoms. The van der Waals surface area contributed by atoms with Gasteiger partial charge in [-0.15, -0.1) is 0 Å². The van der Waals surface area contributed by atoms with Crippen molar-refractivity contribution < 1.29 is 8.98 Å². The van der Waals surface area contributed by atoms with Crippen LogP contribution in [0.2, 0.25) is 0 Å². The lowest BCUT2D eigenvalue weighted by Crippen LogP contribution is -2.08. The SMILES string of the molecule is Cc1ccc(CSOC(N)=O)cc1. The molecule has 0 unspecified atom stereocenters. The minimum absolute atomic E-state index is 0.628. The van der Waals surface area contributed by atoms with E-state index in [-0.39, 0.29) is 0 Å². The molecule has 0 aromatic heterocycles. The van der Waals surface area contributed by atoms with Crippen LogP contribution in [-0.2, 0) is 9.94 Å². The van der Waals surface area contributed by atoms with Gasteiger partial charge in [0.25, 0.3) is 0 Å². The summed E-state index contributed by atoms with van der Waals surface area (Å²) in [5, 5.41) is 0. The Labute approximate surface area is 81.5 Å². The molecule has 0 saturated heterocycles. The smallest absolute Gasteiger partial charge is 0.375 e. The molecule has 2 N–H and O–H groups in total. The van der Waals surface area contributed by atoms with Crippen LogP contribution in [0.3, 0.4) is 0 Å². The maximum atomic E-state index is 10.2. The average molecular weight is 197 g/mol. The zero-order valence-corrected chi connectivity index (χ0v) is 8.14. The summed E-state index contributed by atoms with van der Waals surface area (Å²) in [6, 6.07) is 8.01. The Balaban J connectivity index is 2.37. The second-order valence-electron chi connectivity index (χ2n) is 2.65. The van der Waals surface area contributed by atoms with E-state index < -0.39 is 6.09 Å². The van der Waals surface area contributed by atoms with Crippen LogP contribution in [0.4, 0.5) is 4.79 Å². The van der Waals surface area contributed by atoms with E-state index in [9.17, 15) is 4.79 Å². The minimum atomic E-state index is -0.753. The first-order chi connectivity index (χ1) is 6.18. The molecule has 13 heavy (non-hydrogen) atoms. The second-order valence-corrected chi connectivity index (χ2v) is 3.34. The number of nitrogens with two attached hydrogens (primary N) is 1. The number of hydrogen-bond donors (Lipinski definition) is 1. The zero-order chi connectivity index (χ0) is 9.68. The number of benzene rings is 1. The fourth-order valence-electron chi connectivity index (χ4n) is 0.840. The molecule has 1 rings (SSSR count). The van der Waals surface area contributed by atoms with Crippen LogP contribution in [0.1, 0.15) is 11.1 Å². The molecule has 3 nitrogen and oxygen atoms in total. The van der Waals surface area contributed by atoms with E-state index >= 15 is 0 Å². The van der Waals surface area contributed by atoms with E-state index in [0.29, 0.717) is 5.75 Å². The van der Waals surface area contributed by atoms with Crippen LogP contribution < -0.4 is 5.73 Å². The normalized spacial score (nSPS) is 9.62. The third-order valence-electron chi connectivity index (χ3n) is 1.49. The van der Waals surface area contributed by atoms with Crippen LogP contribution >= 0.6 is 12.0 Å². The molecule has 0 aliphatic heterocycles. The van der Waals surface area contributed by atoms with Crippen molar-refractivity contribution in [2.24, 2.45) is 5.73 Å². The van der Waals surface area contributed by atoms with Crippen molar-refractivity contribution in [2.75, 3.05) is 0 Å². The summed E-state index contributed by atoms with van der Waals surface area (Å²) >= 11 is 1.05. The van der Waals surface area contributed by atoms with E-state index in [1.807, 2.05) is 31.2 Å². The molecule has 1 aromatic carbocycles. The molecule has 1 amide bonds. The van der Waals surface area contributed by atoms with Gasteiger partial charge < -0.3 is 9.92 Å². The van der Waals surface area contributed by atoms with Gasteiger partial charge in [-0.25, -0.2) is 4.79 Å². The lowest BCUT2D eigenvalue weighted by molar-refractivity contribution is 0.218. The van der Waals surface area contributed by atoms with Gasteiger partial charge in [-0.2, -0.15) is 0 Å². The largest absolute Gasteiger partial charge is 0.416 e. The highest BCUT2D eigenvalue weighted by atomic mass is 32.2. The first-order valence-electron chi connectivity index (χ1n) is 3.83. The highest BCUT2D eigenvalue weighted by molar-refractivity contribution is 7.94. The molecule has 0 radical (unpaired) electrons. The zero-order valence-electron chi connectivity index (χ0n) is 7.32. The molecule has 0 atom stereocenters. The standard InChI is InChI=1S/C9H11NO2S/c1-7-2-4-8(5-3-7)6-13-12-9(10)11/h2-5H,6H2,1H3,(H2,10,11).